The van der Waals surface area contributed by atoms with Crippen molar-refractivity contribution < 1.29 is 19.2 Å². The molecule has 0 saturated carbocycles. The number of benzene rings is 2. The van der Waals surface area contributed by atoms with Gasteiger partial charge in [-0.05, 0) is 30.4 Å². The molecule has 0 fully saturated rings. The van der Waals surface area contributed by atoms with Crippen LogP contribution in [0.5, 0.6) is 11.5 Å². The molecule has 0 bridgehead atoms. The van der Waals surface area contributed by atoms with Gasteiger partial charge in [0.15, 0.2) is 11.5 Å². The van der Waals surface area contributed by atoms with E-state index in [1.165, 1.54) is 17.7 Å². The Morgan fingerprint density at radius 1 is 1.15 bits per heavy atom. The standard InChI is InChI=1S/C19H18N2O5/c22-19(20-15-7-3-5-12-4-1-2-6-13(12)15)14-10-17-18(26-9-8-25-17)11-16(14)21(23)24/h1-2,4,6,10-11,15H,3,5,7-9H2,(H,20,22)/t15-/m1/s1. The average molecular weight is 354 g/mol. The van der Waals surface area contributed by atoms with E-state index in [1.807, 2.05) is 18.2 Å². The number of aryl methyl sites for hydroxylation is 1. The van der Waals surface area contributed by atoms with E-state index in [4.69, 9.17) is 9.47 Å². The predicted octanol–water partition coefficient (Wildman–Crippen LogP) is 3.17. The summed E-state index contributed by atoms with van der Waals surface area (Å²) in [6, 6.07) is 10.5. The van der Waals surface area contributed by atoms with E-state index in [0.29, 0.717) is 24.7 Å². The van der Waals surface area contributed by atoms with Gasteiger partial charge in [0.2, 0.25) is 0 Å². The Balaban J connectivity index is 1.65. The van der Waals surface area contributed by atoms with Crippen LogP contribution in [-0.2, 0) is 6.42 Å². The smallest absolute Gasteiger partial charge is 0.286 e. The summed E-state index contributed by atoms with van der Waals surface area (Å²) in [5.41, 5.74) is 1.99. The Morgan fingerprint density at radius 3 is 2.65 bits per heavy atom. The van der Waals surface area contributed by atoms with Crippen molar-refractivity contribution in [3.8, 4) is 11.5 Å². The second-order valence-electron chi connectivity index (χ2n) is 6.39. The molecule has 1 N–H and O–H groups in total. The molecule has 1 atom stereocenters. The molecule has 0 spiro atoms. The minimum atomic E-state index is -0.567. The number of nitro benzene ring substituents is 1. The molecule has 0 saturated heterocycles. The van der Waals surface area contributed by atoms with Crippen molar-refractivity contribution in [2.24, 2.45) is 0 Å². The molecule has 7 nitrogen and oxygen atoms in total. The van der Waals surface area contributed by atoms with E-state index in [-0.39, 0.29) is 17.3 Å². The van der Waals surface area contributed by atoms with Crippen LogP contribution in [0.15, 0.2) is 36.4 Å². The van der Waals surface area contributed by atoms with Crippen LogP contribution in [0.1, 0.15) is 40.4 Å². The first-order valence-corrected chi connectivity index (χ1v) is 8.60. The molecule has 26 heavy (non-hydrogen) atoms. The minimum Gasteiger partial charge on any atom is -0.486 e. The van der Waals surface area contributed by atoms with E-state index in [9.17, 15) is 14.9 Å². The first-order chi connectivity index (χ1) is 12.6. The molecule has 2 aliphatic rings. The third-order valence-corrected chi connectivity index (χ3v) is 4.78. The van der Waals surface area contributed by atoms with Gasteiger partial charge in [-0.15, -0.1) is 0 Å². The number of nitro groups is 1. The molecule has 1 heterocycles. The van der Waals surface area contributed by atoms with Crippen LogP contribution in [0.3, 0.4) is 0 Å². The van der Waals surface area contributed by atoms with Gasteiger partial charge in [-0.3, -0.25) is 14.9 Å². The summed E-state index contributed by atoms with van der Waals surface area (Å²) < 4.78 is 10.9. The summed E-state index contributed by atoms with van der Waals surface area (Å²) in [4.78, 5) is 23.7. The molecule has 2 aromatic carbocycles. The summed E-state index contributed by atoms with van der Waals surface area (Å²) in [6.07, 6.45) is 2.75. The fourth-order valence-electron chi connectivity index (χ4n) is 3.55. The van der Waals surface area contributed by atoms with Crippen molar-refractivity contribution in [3.05, 3.63) is 63.2 Å². The predicted molar refractivity (Wildman–Crippen MR) is 93.7 cm³/mol. The number of hydrogen-bond donors (Lipinski definition) is 1. The number of rotatable bonds is 3. The highest BCUT2D eigenvalue weighted by molar-refractivity contribution is 5.99. The van der Waals surface area contributed by atoms with Gasteiger partial charge < -0.3 is 14.8 Å². The molecule has 4 rings (SSSR count). The lowest BCUT2D eigenvalue weighted by molar-refractivity contribution is -0.385. The van der Waals surface area contributed by atoms with Crippen LogP contribution >= 0.6 is 0 Å². The fraction of sp³-hybridized carbons (Fsp3) is 0.316. The number of carbonyl (C=O) groups is 1. The SMILES string of the molecule is O=C(N[C@@H]1CCCc2ccccc21)c1cc2c(cc1[N+](=O)[O-])OCCO2. The number of hydrogen-bond acceptors (Lipinski definition) is 5. The molecule has 134 valence electrons. The van der Waals surface area contributed by atoms with Gasteiger partial charge in [-0.1, -0.05) is 24.3 Å². The highest BCUT2D eigenvalue weighted by atomic mass is 16.6. The molecule has 1 aliphatic heterocycles. The Kier molecular flexibility index (Phi) is 4.20. The van der Waals surface area contributed by atoms with Gasteiger partial charge in [0, 0.05) is 6.07 Å². The zero-order valence-corrected chi connectivity index (χ0v) is 14.1. The van der Waals surface area contributed by atoms with Crippen molar-refractivity contribution in [1.29, 1.82) is 0 Å². The van der Waals surface area contributed by atoms with E-state index in [2.05, 4.69) is 11.4 Å². The van der Waals surface area contributed by atoms with Gasteiger partial charge in [0.1, 0.15) is 18.8 Å². The largest absolute Gasteiger partial charge is 0.486 e. The quantitative estimate of drug-likeness (QED) is 0.675. The van der Waals surface area contributed by atoms with E-state index in [0.717, 1.165) is 24.8 Å². The highest BCUT2D eigenvalue weighted by Crippen LogP contribution is 2.37. The van der Waals surface area contributed by atoms with Crippen molar-refractivity contribution in [3.63, 3.8) is 0 Å². The Bertz CT molecular complexity index is 880. The third-order valence-electron chi connectivity index (χ3n) is 4.78. The summed E-state index contributed by atoms with van der Waals surface area (Å²) in [6.45, 7) is 0.677. The number of nitrogens with one attached hydrogen (secondary N) is 1. The lowest BCUT2D eigenvalue weighted by atomic mass is 9.87. The number of nitrogens with zero attached hydrogens (tertiary/aromatic N) is 1. The molecule has 0 radical (unpaired) electrons. The molecule has 0 unspecified atom stereocenters. The Labute approximate surface area is 150 Å². The summed E-state index contributed by atoms with van der Waals surface area (Å²) >= 11 is 0. The van der Waals surface area contributed by atoms with Crippen LogP contribution in [0, 0.1) is 10.1 Å². The highest BCUT2D eigenvalue weighted by Gasteiger charge is 2.29. The second kappa shape index (κ2) is 6.67. The van der Waals surface area contributed by atoms with Crippen LogP contribution in [0.2, 0.25) is 0 Å². The van der Waals surface area contributed by atoms with Gasteiger partial charge in [-0.2, -0.15) is 0 Å². The molecule has 2 aromatic rings. The lowest BCUT2D eigenvalue weighted by Crippen LogP contribution is -2.31. The first-order valence-electron chi connectivity index (χ1n) is 8.60. The molecule has 1 amide bonds. The maximum atomic E-state index is 12.8. The van der Waals surface area contributed by atoms with Gasteiger partial charge >= 0.3 is 0 Å². The van der Waals surface area contributed by atoms with Crippen molar-refractivity contribution in [2.75, 3.05) is 13.2 Å². The number of carbonyl (C=O) groups excluding carboxylic acids is 1. The summed E-state index contributed by atoms with van der Waals surface area (Å²) in [7, 11) is 0. The zero-order valence-electron chi connectivity index (χ0n) is 14.1. The van der Waals surface area contributed by atoms with Crippen molar-refractivity contribution >= 4 is 11.6 Å². The zero-order chi connectivity index (χ0) is 18.1. The molecular formula is C19H18N2O5. The lowest BCUT2D eigenvalue weighted by Gasteiger charge is -2.26. The summed E-state index contributed by atoms with van der Waals surface area (Å²) in [5.74, 6) is 0.175. The molecule has 1 aliphatic carbocycles. The maximum absolute atomic E-state index is 12.8. The maximum Gasteiger partial charge on any atom is 0.286 e. The average Bonchev–Trinajstić information content (AvgIpc) is 2.67. The Hall–Kier alpha value is -3.09. The topological polar surface area (TPSA) is 90.7 Å². The van der Waals surface area contributed by atoms with Gasteiger partial charge in [0.05, 0.1) is 17.0 Å². The first kappa shape index (κ1) is 16.4. The fourth-order valence-corrected chi connectivity index (χ4v) is 3.55. The van der Waals surface area contributed by atoms with Crippen molar-refractivity contribution in [1.82, 2.24) is 5.32 Å². The van der Waals surface area contributed by atoms with Gasteiger partial charge in [0.25, 0.3) is 11.6 Å². The van der Waals surface area contributed by atoms with Crippen LogP contribution < -0.4 is 14.8 Å². The van der Waals surface area contributed by atoms with Gasteiger partial charge in [-0.25, -0.2) is 0 Å². The minimum absolute atomic E-state index is 0.0118. The van der Waals surface area contributed by atoms with E-state index < -0.39 is 10.8 Å². The van der Waals surface area contributed by atoms with E-state index >= 15 is 0 Å². The monoisotopic (exact) mass is 354 g/mol. The van der Waals surface area contributed by atoms with Crippen LogP contribution in [0.25, 0.3) is 0 Å². The second-order valence-corrected chi connectivity index (χ2v) is 6.39. The number of amides is 1. The number of fused-ring (bicyclic) bond motifs is 2. The van der Waals surface area contributed by atoms with Crippen molar-refractivity contribution in [2.45, 2.75) is 25.3 Å². The normalized spacial score (nSPS) is 17.9. The molecular weight excluding hydrogens is 336 g/mol. The van der Waals surface area contributed by atoms with Crippen LogP contribution in [0.4, 0.5) is 5.69 Å². The molecule has 0 aromatic heterocycles. The Morgan fingerprint density at radius 2 is 1.88 bits per heavy atom. The third kappa shape index (κ3) is 2.96. The van der Waals surface area contributed by atoms with Crippen LogP contribution in [-0.4, -0.2) is 24.0 Å². The van der Waals surface area contributed by atoms with E-state index in [1.54, 1.807) is 0 Å². The molecule has 7 heteroatoms. The summed E-state index contributed by atoms with van der Waals surface area (Å²) in [5, 5.41) is 14.4. The number of ether oxygens (including phenoxy) is 2.